The van der Waals surface area contributed by atoms with Gasteiger partial charge in [0.05, 0.1) is 12.7 Å². The van der Waals surface area contributed by atoms with E-state index in [9.17, 15) is 0 Å². The summed E-state index contributed by atoms with van der Waals surface area (Å²) >= 11 is 0. The number of nitrogens with one attached hydrogen (secondary N) is 1. The van der Waals surface area contributed by atoms with Crippen molar-refractivity contribution in [2.24, 2.45) is 5.84 Å². The zero-order chi connectivity index (χ0) is 11.1. The first-order valence-corrected chi connectivity index (χ1v) is 6.11. The maximum Gasteiger partial charge on any atom is 0.0868 e. The van der Waals surface area contributed by atoms with Crippen LogP contribution in [0, 0.1) is 0 Å². The molecule has 0 radical (unpaired) electrons. The van der Waals surface area contributed by atoms with Crippen LogP contribution in [0.1, 0.15) is 33.1 Å². The van der Waals surface area contributed by atoms with E-state index in [1.807, 2.05) is 0 Å². The largest absolute Gasteiger partial charge is 0.374 e. The third kappa shape index (κ3) is 4.07. The first-order chi connectivity index (χ1) is 7.31. The third-order valence-corrected chi connectivity index (χ3v) is 2.98. The first kappa shape index (κ1) is 12.9. The van der Waals surface area contributed by atoms with Crippen molar-refractivity contribution in [3.63, 3.8) is 0 Å². The smallest absolute Gasteiger partial charge is 0.0868 e. The van der Waals surface area contributed by atoms with Gasteiger partial charge >= 0.3 is 0 Å². The molecule has 0 saturated carbocycles. The first-order valence-electron chi connectivity index (χ1n) is 6.11. The lowest BCUT2D eigenvalue weighted by Crippen LogP contribution is -2.54. The second kappa shape index (κ2) is 7.17. The van der Waals surface area contributed by atoms with Crippen LogP contribution in [0.15, 0.2) is 0 Å². The lowest BCUT2D eigenvalue weighted by molar-refractivity contribution is -0.0477. The zero-order valence-corrected chi connectivity index (χ0v) is 10.0. The summed E-state index contributed by atoms with van der Waals surface area (Å²) in [6, 6.07) is 0.301. The molecule has 0 aromatic heterocycles. The number of nitrogens with two attached hydrogens (primary N) is 1. The van der Waals surface area contributed by atoms with Crippen LogP contribution in [-0.2, 0) is 4.74 Å². The number of hydrazine groups is 1. The van der Waals surface area contributed by atoms with E-state index in [1.54, 1.807) is 0 Å². The Morgan fingerprint density at radius 2 is 2.27 bits per heavy atom. The Hall–Kier alpha value is -0.160. The number of ether oxygens (including phenoxy) is 1. The summed E-state index contributed by atoms with van der Waals surface area (Å²) in [7, 11) is 0. The van der Waals surface area contributed by atoms with Crippen LogP contribution < -0.4 is 11.3 Å². The standard InChI is InChI=1S/C11H25N3O/c1-3-5-10(13-12)11-9-14(6-4-2)7-8-15-11/h10-11,13H,3-9,12H2,1-2H3. The van der Waals surface area contributed by atoms with E-state index in [1.165, 1.54) is 13.0 Å². The van der Waals surface area contributed by atoms with E-state index in [0.29, 0.717) is 6.04 Å². The van der Waals surface area contributed by atoms with Gasteiger partial charge in [-0.25, -0.2) is 0 Å². The summed E-state index contributed by atoms with van der Waals surface area (Å²) in [4.78, 5) is 2.47. The molecule has 0 bridgehead atoms. The van der Waals surface area contributed by atoms with Gasteiger partial charge < -0.3 is 4.74 Å². The van der Waals surface area contributed by atoms with Gasteiger partial charge in [-0.05, 0) is 19.4 Å². The van der Waals surface area contributed by atoms with Gasteiger partial charge in [-0.3, -0.25) is 16.2 Å². The molecule has 0 aromatic carbocycles. The molecule has 90 valence electrons. The van der Waals surface area contributed by atoms with Gasteiger partial charge in [-0.2, -0.15) is 0 Å². The minimum absolute atomic E-state index is 0.259. The second-order valence-corrected chi connectivity index (χ2v) is 4.27. The molecule has 1 rings (SSSR count). The molecular weight excluding hydrogens is 190 g/mol. The monoisotopic (exact) mass is 215 g/mol. The Bertz CT molecular complexity index is 164. The molecule has 0 amide bonds. The Morgan fingerprint density at radius 1 is 1.47 bits per heavy atom. The Labute approximate surface area is 93.1 Å². The fourth-order valence-corrected chi connectivity index (χ4v) is 2.18. The van der Waals surface area contributed by atoms with Crippen molar-refractivity contribution >= 4 is 0 Å². The van der Waals surface area contributed by atoms with Crippen molar-refractivity contribution in [3.8, 4) is 0 Å². The van der Waals surface area contributed by atoms with Crippen LogP contribution in [0.4, 0.5) is 0 Å². The quantitative estimate of drug-likeness (QED) is 0.506. The molecule has 2 atom stereocenters. The molecule has 0 aliphatic carbocycles. The van der Waals surface area contributed by atoms with Crippen LogP contribution in [0.2, 0.25) is 0 Å². The fourth-order valence-electron chi connectivity index (χ4n) is 2.18. The highest BCUT2D eigenvalue weighted by Gasteiger charge is 2.26. The van der Waals surface area contributed by atoms with Crippen LogP contribution in [-0.4, -0.2) is 43.3 Å². The summed E-state index contributed by atoms with van der Waals surface area (Å²) in [6.45, 7) is 8.48. The summed E-state index contributed by atoms with van der Waals surface area (Å²) in [5.74, 6) is 5.56. The van der Waals surface area contributed by atoms with Gasteiger partial charge in [0.2, 0.25) is 0 Å². The number of morpholine rings is 1. The molecule has 3 N–H and O–H groups in total. The van der Waals surface area contributed by atoms with Crippen LogP contribution in [0.3, 0.4) is 0 Å². The molecule has 15 heavy (non-hydrogen) atoms. The van der Waals surface area contributed by atoms with E-state index >= 15 is 0 Å². The molecular formula is C11H25N3O. The molecule has 1 heterocycles. The number of hydrogen-bond donors (Lipinski definition) is 2. The van der Waals surface area contributed by atoms with E-state index < -0.39 is 0 Å². The summed E-state index contributed by atoms with van der Waals surface area (Å²) in [6.07, 6.45) is 3.69. The molecule has 1 saturated heterocycles. The summed E-state index contributed by atoms with van der Waals surface area (Å²) in [5.41, 5.74) is 2.88. The van der Waals surface area contributed by atoms with Gasteiger partial charge in [-0.1, -0.05) is 20.3 Å². The van der Waals surface area contributed by atoms with Crippen molar-refractivity contribution in [3.05, 3.63) is 0 Å². The number of nitrogens with zero attached hydrogens (tertiary/aromatic N) is 1. The average molecular weight is 215 g/mol. The highest BCUT2D eigenvalue weighted by atomic mass is 16.5. The van der Waals surface area contributed by atoms with Gasteiger partial charge in [0.15, 0.2) is 0 Å². The molecule has 1 aliphatic rings. The highest BCUT2D eigenvalue weighted by molar-refractivity contribution is 4.81. The van der Waals surface area contributed by atoms with Gasteiger partial charge in [0, 0.05) is 19.1 Å². The van der Waals surface area contributed by atoms with Gasteiger partial charge in [0.1, 0.15) is 0 Å². The number of hydrogen-bond acceptors (Lipinski definition) is 4. The van der Waals surface area contributed by atoms with E-state index in [4.69, 9.17) is 10.6 Å². The third-order valence-electron chi connectivity index (χ3n) is 2.98. The zero-order valence-electron chi connectivity index (χ0n) is 10.0. The molecule has 4 heteroatoms. The van der Waals surface area contributed by atoms with Gasteiger partial charge in [0.25, 0.3) is 0 Å². The maximum absolute atomic E-state index is 5.78. The summed E-state index contributed by atoms with van der Waals surface area (Å²) in [5, 5.41) is 0. The minimum atomic E-state index is 0.259. The Balaban J connectivity index is 2.39. The molecule has 0 spiro atoms. The molecule has 2 unspecified atom stereocenters. The lowest BCUT2D eigenvalue weighted by Gasteiger charge is -2.36. The van der Waals surface area contributed by atoms with Crippen molar-refractivity contribution in [1.82, 2.24) is 10.3 Å². The maximum atomic E-state index is 5.78. The normalized spacial score (nSPS) is 25.4. The van der Waals surface area contributed by atoms with Crippen molar-refractivity contribution < 1.29 is 4.74 Å². The summed E-state index contributed by atoms with van der Waals surface area (Å²) < 4.78 is 5.78. The van der Waals surface area contributed by atoms with Crippen LogP contribution in [0.25, 0.3) is 0 Å². The van der Waals surface area contributed by atoms with E-state index in [2.05, 4.69) is 24.2 Å². The van der Waals surface area contributed by atoms with E-state index in [0.717, 1.165) is 32.5 Å². The minimum Gasteiger partial charge on any atom is -0.374 e. The Morgan fingerprint density at radius 3 is 2.87 bits per heavy atom. The average Bonchev–Trinajstić information content (AvgIpc) is 2.27. The Kier molecular flexibility index (Phi) is 6.17. The fraction of sp³-hybridized carbons (Fsp3) is 1.00. The van der Waals surface area contributed by atoms with Crippen LogP contribution in [0.5, 0.6) is 0 Å². The van der Waals surface area contributed by atoms with E-state index in [-0.39, 0.29) is 6.10 Å². The molecule has 4 nitrogen and oxygen atoms in total. The lowest BCUT2D eigenvalue weighted by atomic mass is 10.0. The highest BCUT2D eigenvalue weighted by Crippen LogP contribution is 2.12. The second-order valence-electron chi connectivity index (χ2n) is 4.27. The predicted octanol–water partition coefficient (Wildman–Crippen LogP) is 0.729. The van der Waals surface area contributed by atoms with Crippen molar-refractivity contribution in [2.45, 2.75) is 45.3 Å². The SMILES string of the molecule is CCCC(NN)C1CN(CCC)CCO1. The van der Waals surface area contributed by atoms with Crippen molar-refractivity contribution in [1.29, 1.82) is 0 Å². The molecule has 0 aromatic rings. The van der Waals surface area contributed by atoms with Crippen molar-refractivity contribution in [2.75, 3.05) is 26.2 Å². The number of rotatable bonds is 6. The molecule has 1 fully saturated rings. The topological polar surface area (TPSA) is 50.5 Å². The predicted molar refractivity (Wildman–Crippen MR) is 62.5 cm³/mol. The van der Waals surface area contributed by atoms with Crippen LogP contribution >= 0.6 is 0 Å². The van der Waals surface area contributed by atoms with Gasteiger partial charge in [-0.15, -0.1) is 0 Å². The molecule has 1 aliphatic heterocycles.